The second-order valence-corrected chi connectivity index (χ2v) is 7.21. The summed E-state index contributed by atoms with van der Waals surface area (Å²) >= 11 is 2.06. The number of halogens is 1. The first-order chi connectivity index (χ1) is 9.13. The van der Waals surface area contributed by atoms with Crippen molar-refractivity contribution in [3.63, 3.8) is 0 Å². The molecule has 19 heavy (non-hydrogen) atoms. The van der Waals surface area contributed by atoms with Crippen molar-refractivity contribution < 1.29 is 9.18 Å². The van der Waals surface area contributed by atoms with Gasteiger partial charge >= 0.3 is 0 Å². The van der Waals surface area contributed by atoms with Crippen molar-refractivity contribution in [3.8, 4) is 0 Å². The Bertz CT molecular complexity index is 493. The molecule has 0 spiro atoms. The van der Waals surface area contributed by atoms with Gasteiger partial charge in [-0.05, 0) is 44.7 Å². The zero-order valence-electron chi connectivity index (χ0n) is 11.1. The number of rotatable bonds is 2. The molecule has 3 heterocycles. The van der Waals surface area contributed by atoms with Crippen LogP contribution >= 0.6 is 11.8 Å². The highest BCUT2D eigenvalue weighted by molar-refractivity contribution is 8.00. The monoisotopic (exact) mass is 279 g/mol. The number of carbonyl (C=O) groups excluding carboxylic acids is 1. The number of hydrogen-bond acceptors (Lipinski definition) is 3. The van der Waals surface area contributed by atoms with Crippen LogP contribution in [0.3, 0.4) is 0 Å². The molecule has 3 rings (SSSR count). The Morgan fingerprint density at radius 1 is 1.32 bits per heavy atom. The van der Waals surface area contributed by atoms with Gasteiger partial charge in [0, 0.05) is 16.4 Å². The predicted octanol–water partition coefficient (Wildman–Crippen LogP) is 3.78. The standard InChI is InChI=1S/C15H18FNOS/c1-9-13(16)5-6-14(17-9)15(18)10-7-11-3-2-4-12(8-10)19-11/h5-6,10-12H,2-4,7-8H2,1H3. The van der Waals surface area contributed by atoms with Crippen molar-refractivity contribution in [2.45, 2.75) is 49.5 Å². The average molecular weight is 279 g/mol. The molecule has 1 aromatic heterocycles. The molecule has 2 aliphatic rings. The third-order valence-corrected chi connectivity index (χ3v) is 5.80. The number of carbonyl (C=O) groups is 1. The quantitative estimate of drug-likeness (QED) is 0.772. The van der Waals surface area contributed by atoms with Crippen LogP contribution in [0.2, 0.25) is 0 Å². The molecule has 4 heteroatoms. The third-order valence-electron chi connectivity index (χ3n) is 4.18. The van der Waals surface area contributed by atoms with Gasteiger partial charge < -0.3 is 0 Å². The van der Waals surface area contributed by atoms with E-state index in [2.05, 4.69) is 16.7 Å². The summed E-state index contributed by atoms with van der Waals surface area (Å²) in [6.07, 6.45) is 5.72. The van der Waals surface area contributed by atoms with Gasteiger partial charge in [0.05, 0.1) is 5.69 Å². The zero-order valence-corrected chi connectivity index (χ0v) is 11.9. The van der Waals surface area contributed by atoms with Gasteiger partial charge in [-0.1, -0.05) is 6.42 Å². The van der Waals surface area contributed by atoms with E-state index >= 15 is 0 Å². The molecule has 0 aliphatic carbocycles. The maximum atomic E-state index is 13.2. The Balaban J connectivity index is 1.78. The number of fused-ring (bicyclic) bond motifs is 2. The minimum absolute atomic E-state index is 0.0916. The minimum atomic E-state index is -0.340. The molecule has 2 bridgehead atoms. The van der Waals surface area contributed by atoms with E-state index in [0.29, 0.717) is 21.9 Å². The van der Waals surface area contributed by atoms with Crippen molar-refractivity contribution in [2.75, 3.05) is 0 Å². The van der Waals surface area contributed by atoms with Crippen LogP contribution in [-0.4, -0.2) is 21.3 Å². The molecule has 0 radical (unpaired) electrons. The highest BCUT2D eigenvalue weighted by Crippen LogP contribution is 2.44. The lowest BCUT2D eigenvalue weighted by molar-refractivity contribution is 0.0891. The summed E-state index contributed by atoms with van der Waals surface area (Å²) < 4.78 is 13.2. The van der Waals surface area contributed by atoms with Gasteiger partial charge in [0.1, 0.15) is 11.5 Å². The smallest absolute Gasteiger partial charge is 0.184 e. The van der Waals surface area contributed by atoms with E-state index in [9.17, 15) is 9.18 Å². The fourth-order valence-electron chi connectivity index (χ4n) is 3.16. The summed E-state index contributed by atoms with van der Waals surface area (Å²) in [4.78, 5) is 16.6. The molecule has 2 unspecified atom stereocenters. The number of aromatic nitrogens is 1. The lowest BCUT2D eigenvalue weighted by Crippen LogP contribution is -2.33. The Kier molecular flexibility index (Phi) is 3.61. The average Bonchev–Trinajstić information content (AvgIpc) is 2.40. The van der Waals surface area contributed by atoms with E-state index in [1.807, 2.05) is 0 Å². The molecule has 2 fully saturated rings. The van der Waals surface area contributed by atoms with E-state index in [1.54, 1.807) is 6.92 Å². The summed E-state index contributed by atoms with van der Waals surface area (Å²) in [5.74, 6) is -0.137. The third kappa shape index (κ3) is 2.69. The Morgan fingerprint density at radius 3 is 2.63 bits per heavy atom. The number of pyridine rings is 1. The summed E-state index contributed by atoms with van der Waals surface area (Å²) in [5, 5.41) is 1.28. The maximum Gasteiger partial charge on any atom is 0.184 e. The number of hydrogen-bond donors (Lipinski definition) is 0. The molecule has 2 atom stereocenters. The van der Waals surface area contributed by atoms with E-state index in [4.69, 9.17) is 0 Å². The number of Topliss-reactive ketones (excluding diaryl/α,β-unsaturated/α-hetero) is 1. The van der Waals surface area contributed by atoms with Gasteiger partial charge in [-0.25, -0.2) is 9.37 Å². The molecular formula is C15H18FNOS. The SMILES string of the molecule is Cc1nc(C(=O)C2CC3CCCC(C2)S3)ccc1F. The van der Waals surface area contributed by atoms with Crippen LogP contribution in [0, 0.1) is 18.7 Å². The Morgan fingerprint density at radius 2 is 2.00 bits per heavy atom. The van der Waals surface area contributed by atoms with Gasteiger partial charge in [-0.15, -0.1) is 0 Å². The van der Waals surface area contributed by atoms with Crippen LogP contribution in [0.1, 0.15) is 48.3 Å². The maximum absolute atomic E-state index is 13.2. The van der Waals surface area contributed by atoms with Crippen molar-refractivity contribution in [1.82, 2.24) is 4.98 Å². The summed E-state index contributed by atoms with van der Waals surface area (Å²) in [5.41, 5.74) is 0.755. The number of aryl methyl sites for hydroxylation is 1. The van der Waals surface area contributed by atoms with E-state index in [0.717, 1.165) is 12.8 Å². The highest BCUT2D eigenvalue weighted by Gasteiger charge is 2.36. The molecule has 0 amide bonds. The lowest BCUT2D eigenvalue weighted by atomic mass is 9.85. The number of nitrogens with zero attached hydrogens (tertiary/aromatic N) is 1. The molecule has 1 aromatic rings. The second-order valence-electron chi connectivity index (χ2n) is 5.61. The van der Waals surface area contributed by atoms with Crippen molar-refractivity contribution in [3.05, 3.63) is 29.3 Å². The number of thioether (sulfide) groups is 1. The topological polar surface area (TPSA) is 30.0 Å². The summed E-state index contributed by atoms with van der Waals surface area (Å²) in [6.45, 7) is 1.61. The van der Waals surface area contributed by atoms with Gasteiger partial charge in [-0.3, -0.25) is 4.79 Å². The first-order valence-electron chi connectivity index (χ1n) is 6.96. The van der Waals surface area contributed by atoms with Crippen LogP contribution in [0.25, 0.3) is 0 Å². The van der Waals surface area contributed by atoms with Gasteiger partial charge in [0.25, 0.3) is 0 Å². The molecular weight excluding hydrogens is 261 g/mol. The van der Waals surface area contributed by atoms with E-state index in [1.165, 1.54) is 31.4 Å². The minimum Gasteiger partial charge on any atom is -0.292 e. The highest BCUT2D eigenvalue weighted by atomic mass is 32.2. The van der Waals surface area contributed by atoms with Gasteiger partial charge in [0.15, 0.2) is 5.78 Å². The fraction of sp³-hybridized carbons (Fsp3) is 0.600. The molecule has 2 saturated heterocycles. The molecule has 0 N–H and O–H groups in total. The lowest BCUT2D eigenvalue weighted by Gasteiger charge is -2.37. The van der Waals surface area contributed by atoms with Crippen molar-refractivity contribution in [1.29, 1.82) is 0 Å². The van der Waals surface area contributed by atoms with Crippen LogP contribution < -0.4 is 0 Å². The van der Waals surface area contributed by atoms with Crippen LogP contribution in [-0.2, 0) is 0 Å². The van der Waals surface area contributed by atoms with Crippen molar-refractivity contribution >= 4 is 17.5 Å². The zero-order chi connectivity index (χ0) is 13.4. The van der Waals surface area contributed by atoms with Crippen LogP contribution in [0.5, 0.6) is 0 Å². The summed E-state index contributed by atoms with van der Waals surface area (Å²) in [6, 6.07) is 2.89. The van der Waals surface area contributed by atoms with Gasteiger partial charge in [0.2, 0.25) is 0 Å². The predicted molar refractivity (Wildman–Crippen MR) is 75.0 cm³/mol. The Labute approximate surface area is 117 Å². The summed E-state index contributed by atoms with van der Waals surface area (Å²) in [7, 11) is 0. The fourth-order valence-corrected chi connectivity index (χ4v) is 5.00. The molecule has 2 aliphatic heterocycles. The van der Waals surface area contributed by atoms with Crippen molar-refractivity contribution in [2.24, 2.45) is 5.92 Å². The second kappa shape index (κ2) is 5.23. The number of ketones is 1. The Hall–Kier alpha value is -0.900. The molecule has 2 nitrogen and oxygen atoms in total. The first-order valence-corrected chi connectivity index (χ1v) is 7.90. The molecule has 0 saturated carbocycles. The largest absolute Gasteiger partial charge is 0.292 e. The van der Waals surface area contributed by atoms with Crippen LogP contribution in [0.15, 0.2) is 12.1 Å². The first kappa shape index (κ1) is 13.1. The normalized spacial score (nSPS) is 30.1. The molecule has 0 aromatic carbocycles. The molecule has 102 valence electrons. The van der Waals surface area contributed by atoms with Crippen LogP contribution in [0.4, 0.5) is 4.39 Å². The van der Waals surface area contributed by atoms with E-state index < -0.39 is 0 Å². The van der Waals surface area contributed by atoms with Gasteiger partial charge in [-0.2, -0.15) is 11.8 Å². The van der Waals surface area contributed by atoms with E-state index in [-0.39, 0.29) is 17.5 Å².